The van der Waals surface area contributed by atoms with E-state index in [1.165, 1.54) is 12.1 Å². The van der Waals surface area contributed by atoms with E-state index in [0.717, 1.165) is 6.07 Å². The van der Waals surface area contributed by atoms with Crippen LogP contribution in [0.3, 0.4) is 0 Å². The van der Waals surface area contributed by atoms with Crippen LogP contribution in [0.25, 0.3) is 0 Å². The van der Waals surface area contributed by atoms with Crippen LogP contribution in [-0.2, 0) is 21.5 Å². The van der Waals surface area contributed by atoms with E-state index >= 15 is 0 Å². The number of hydrogen-bond acceptors (Lipinski definition) is 6. The standard InChI is InChI=1S/C14H22N4O6S/c1-16-11(3-2-6-17-14(15)21)13(20)18-10-5-4-9(8-19)12(7-10)25(22,23)24/h4-5,7,11,16,19H,2-3,6,8H2,1H3,(H,18,20)(H3,15,17,21)(H,22,23,24)/t11-/m0/s1. The molecule has 0 bridgehead atoms. The molecule has 11 heteroatoms. The molecule has 0 saturated heterocycles. The molecule has 0 heterocycles. The van der Waals surface area contributed by atoms with Crippen LogP contribution in [-0.4, -0.2) is 49.6 Å². The number of nitrogens with two attached hydrogens (primary N) is 1. The van der Waals surface area contributed by atoms with Crippen molar-refractivity contribution in [2.24, 2.45) is 5.73 Å². The Morgan fingerprint density at radius 1 is 1.32 bits per heavy atom. The monoisotopic (exact) mass is 374 g/mol. The van der Waals surface area contributed by atoms with Gasteiger partial charge in [-0.15, -0.1) is 0 Å². The molecule has 0 fully saturated rings. The highest BCUT2D eigenvalue weighted by atomic mass is 32.2. The van der Waals surface area contributed by atoms with Crippen LogP contribution >= 0.6 is 0 Å². The van der Waals surface area contributed by atoms with E-state index in [4.69, 9.17) is 10.8 Å². The summed E-state index contributed by atoms with van der Waals surface area (Å²) in [4.78, 5) is 22.4. The Morgan fingerprint density at radius 2 is 2.00 bits per heavy atom. The molecule has 1 atom stereocenters. The predicted molar refractivity (Wildman–Crippen MR) is 90.5 cm³/mol. The van der Waals surface area contributed by atoms with Crippen molar-refractivity contribution >= 4 is 27.7 Å². The van der Waals surface area contributed by atoms with Crippen LogP contribution in [0.1, 0.15) is 18.4 Å². The van der Waals surface area contributed by atoms with Gasteiger partial charge in [-0.3, -0.25) is 9.35 Å². The third kappa shape index (κ3) is 6.66. The average Bonchev–Trinajstić information content (AvgIpc) is 2.53. The van der Waals surface area contributed by atoms with Crippen LogP contribution < -0.4 is 21.7 Å². The first kappa shape index (κ1) is 20.8. The zero-order valence-corrected chi connectivity index (χ0v) is 14.5. The van der Waals surface area contributed by atoms with Gasteiger partial charge in [0.05, 0.1) is 12.6 Å². The molecule has 1 aromatic carbocycles. The fourth-order valence-electron chi connectivity index (χ4n) is 2.16. The number of rotatable bonds is 9. The molecule has 0 aromatic heterocycles. The average molecular weight is 374 g/mol. The van der Waals surface area contributed by atoms with E-state index < -0.39 is 39.6 Å². The topological polar surface area (TPSA) is 171 Å². The minimum absolute atomic E-state index is 0.0168. The molecule has 7 N–H and O–H groups in total. The minimum atomic E-state index is -4.53. The lowest BCUT2D eigenvalue weighted by molar-refractivity contribution is -0.118. The summed E-state index contributed by atoms with van der Waals surface area (Å²) in [5.41, 5.74) is 5.12. The summed E-state index contributed by atoms with van der Waals surface area (Å²) < 4.78 is 31.9. The van der Waals surface area contributed by atoms with Gasteiger partial charge in [0, 0.05) is 12.2 Å². The first-order valence-electron chi connectivity index (χ1n) is 7.41. The van der Waals surface area contributed by atoms with Gasteiger partial charge in [-0.2, -0.15) is 8.42 Å². The molecule has 0 aliphatic rings. The molecule has 0 saturated carbocycles. The van der Waals surface area contributed by atoms with E-state index in [2.05, 4.69) is 16.0 Å². The summed E-state index contributed by atoms with van der Waals surface area (Å²) >= 11 is 0. The predicted octanol–water partition coefficient (Wildman–Crippen LogP) is -0.599. The van der Waals surface area contributed by atoms with Gasteiger partial charge in [-0.05, 0) is 37.6 Å². The molecule has 0 spiro atoms. The van der Waals surface area contributed by atoms with Gasteiger partial charge in [0.25, 0.3) is 10.1 Å². The number of urea groups is 1. The molecule has 0 aliphatic carbocycles. The number of carbonyl (C=O) groups excluding carboxylic acids is 2. The maximum Gasteiger partial charge on any atom is 0.312 e. The number of aliphatic hydroxyl groups is 1. The molecule has 0 aliphatic heterocycles. The number of nitrogens with one attached hydrogen (secondary N) is 3. The SMILES string of the molecule is CN[C@@H](CCCNC(N)=O)C(=O)Nc1ccc(CO)c(S(=O)(=O)O)c1. The van der Waals surface area contributed by atoms with E-state index in [0.29, 0.717) is 19.4 Å². The Kier molecular flexibility index (Phi) is 7.77. The highest BCUT2D eigenvalue weighted by molar-refractivity contribution is 7.85. The molecule has 1 aromatic rings. The van der Waals surface area contributed by atoms with Crippen molar-refractivity contribution in [1.82, 2.24) is 10.6 Å². The second-order valence-corrected chi connectivity index (χ2v) is 6.61. The lowest BCUT2D eigenvalue weighted by Crippen LogP contribution is -2.39. The first-order valence-corrected chi connectivity index (χ1v) is 8.85. The highest BCUT2D eigenvalue weighted by Crippen LogP contribution is 2.21. The van der Waals surface area contributed by atoms with Crippen molar-refractivity contribution in [3.05, 3.63) is 23.8 Å². The number of hydrogen-bond donors (Lipinski definition) is 6. The largest absolute Gasteiger partial charge is 0.392 e. The third-order valence-corrected chi connectivity index (χ3v) is 4.35. The number of amides is 3. The minimum Gasteiger partial charge on any atom is -0.392 e. The van der Waals surface area contributed by atoms with E-state index in [1.54, 1.807) is 7.05 Å². The van der Waals surface area contributed by atoms with Crippen molar-refractivity contribution in [3.8, 4) is 0 Å². The van der Waals surface area contributed by atoms with Crippen LogP contribution in [0, 0.1) is 0 Å². The summed E-state index contributed by atoms with van der Waals surface area (Å²) in [6.07, 6.45) is 0.907. The molecule has 3 amide bonds. The number of anilines is 1. The molecular formula is C14H22N4O6S. The maximum absolute atomic E-state index is 12.2. The number of carbonyl (C=O) groups is 2. The van der Waals surface area contributed by atoms with Crippen LogP contribution in [0.5, 0.6) is 0 Å². The number of aliphatic hydroxyl groups excluding tert-OH is 1. The summed E-state index contributed by atoms with van der Waals surface area (Å²) in [6.45, 7) is -0.256. The number of likely N-dealkylation sites (N-methyl/N-ethyl adjacent to an activating group) is 1. The molecule has 10 nitrogen and oxygen atoms in total. The maximum atomic E-state index is 12.2. The van der Waals surface area contributed by atoms with Gasteiger partial charge < -0.3 is 26.8 Å². The quantitative estimate of drug-likeness (QED) is 0.247. The Morgan fingerprint density at radius 3 is 2.52 bits per heavy atom. The Labute approximate surface area is 145 Å². The van der Waals surface area contributed by atoms with E-state index in [1.807, 2.05) is 0 Å². The van der Waals surface area contributed by atoms with Gasteiger partial charge in [-0.1, -0.05) is 6.07 Å². The van der Waals surface area contributed by atoms with Gasteiger partial charge >= 0.3 is 6.03 Å². The Balaban J connectivity index is 2.79. The van der Waals surface area contributed by atoms with Gasteiger partial charge in [0.1, 0.15) is 4.90 Å². The van der Waals surface area contributed by atoms with E-state index in [-0.39, 0.29) is 11.3 Å². The molecule has 0 radical (unpaired) electrons. The first-order chi connectivity index (χ1) is 11.7. The van der Waals surface area contributed by atoms with Crippen molar-refractivity contribution in [1.29, 1.82) is 0 Å². The fraction of sp³-hybridized carbons (Fsp3) is 0.429. The molecule has 0 unspecified atom stereocenters. The van der Waals surface area contributed by atoms with Gasteiger partial charge in [0.2, 0.25) is 5.91 Å². The summed E-state index contributed by atoms with van der Waals surface area (Å²) in [7, 11) is -2.95. The van der Waals surface area contributed by atoms with Crippen LogP contribution in [0.15, 0.2) is 23.1 Å². The van der Waals surface area contributed by atoms with Crippen molar-refractivity contribution < 1.29 is 27.7 Å². The van der Waals surface area contributed by atoms with Crippen molar-refractivity contribution in [2.45, 2.75) is 30.4 Å². The molecule has 25 heavy (non-hydrogen) atoms. The van der Waals surface area contributed by atoms with Gasteiger partial charge in [-0.25, -0.2) is 4.79 Å². The van der Waals surface area contributed by atoms with E-state index in [9.17, 15) is 22.6 Å². The van der Waals surface area contributed by atoms with Crippen LogP contribution in [0.2, 0.25) is 0 Å². The smallest absolute Gasteiger partial charge is 0.312 e. The Bertz CT molecular complexity index is 722. The van der Waals surface area contributed by atoms with Crippen molar-refractivity contribution in [3.63, 3.8) is 0 Å². The van der Waals surface area contributed by atoms with Gasteiger partial charge in [0.15, 0.2) is 0 Å². The fourth-order valence-corrected chi connectivity index (χ4v) is 2.90. The molecule has 140 valence electrons. The lowest BCUT2D eigenvalue weighted by atomic mass is 10.1. The second-order valence-electron chi connectivity index (χ2n) is 5.22. The third-order valence-electron chi connectivity index (χ3n) is 3.42. The Hall–Kier alpha value is -2.21. The summed E-state index contributed by atoms with van der Waals surface area (Å²) in [5, 5.41) is 16.9. The zero-order valence-electron chi connectivity index (χ0n) is 13.7. The summed E-state index contributed by atoms with van der Waals surface area (Å²) in [6, 6.07) is 2.55. The highest BCUT2D eigenvalue weighted by Gasteiger charge is 2.19. The second kappa shape index (κ2) is 9.32. The van der Waals surface area contributed by atoms with Crippen LogP contribution in [0.4, 0.5) is 10.5 Å². The summed E-state index contributed by atoms with van der Waals surface area (Å²) in [5.74, 6) is -0.417. The molecular weight excluding hydrogens is 352 g/mol. The normalized spacial score (nSPS) is 12.4. The number of benzene rings is 1. The zero-order chi connectivity index (χ0) is 19.0. The van der Waals surface area contributed by atoms with Crippen molar-refractivity contribution in [2.75, 3.05) is 18.9 Å². The number of primary amides is 1. The lowest BCUT2D eigenvalue weighted by Gasteiger charge is -2.17. The molecule has 1 rings (SSSR count).